The lowest BCUT2D eigenvalue weighted by atomic mass is 10.3. The number of anilines is 1. The van der Waals surface area contributed by atoms with Gasteiger partial charge in [0.2, 0.25) is 5.91 Å². The summed E-state index contributed by atoms with van der Waals surface area (Å²) in [5.74, 6) is 0.644. The van der Waals surface area contributed by atoms with Crippen LogP contribution in [0.2, 0.25) is 0 Å². The summed E-state index contributed by atoms with van der Waals surface area (Å²) < 4.78 is 5.23. The van der Waals surface area contributed by atoms with Crippen LogP contribution in [0.4, 0.5) is 10.5 Å². The van der Waals surface area contributed by atoms with Crippen LogP contribution < -0.4 is 10.6 Å². The Bertz CT molecular complexity index is 596. The van der Waals surface area contributed by atoms with Crippen molar-refractivity contribution < 1.29 is 14.0 Å². The van der Waals surface area contributed by atoms with E-state index in [0.29, 0.717) is 25.4 Å². The van der Waals surface area contributed by atoms with E-state index in [-0.39, 0.29) is 11.9 Å². The second-order valence-electron chi connectivity index (χ2n) is 4.77. The van der Waals surface area contributed by atoms with Crippen molar-refractivity contribution in [1.29, 1.82) is 0 Å². The second kappa shape index (κ2) is 7.87. The minimum absolute atomic E-state index is 0.0679. The molecule has 0 bridgehead atoms. The number of furan rings is 1. The average molecular weight is 301 g/mol. The first-order valence-corrected chi connectivity index (χ1v) is 7.03. The molecule has 0 spiro atoms. The van der Waals surface area contributed by atoms with Crippen LogP contribution in [0.1, 0.15) is 12.7 Å². The van der Waals surface area contributed by atoms with Crippen LogP contribution in [-0.4, -0.2) is 29.9 Å². The van der Waals surface area contributed by atoms with Gasteiger partial charge in [0.25, 0.3) is 0 Å². The Morgan fingerprint density at radius 1 is 1.14 bits per heavy atom. The van der Waals surface area contributed by atoms with Gasteiger partial charge in [-0.1, -0.05) is 18.2 Å². The normalized spacial score (nSPS) is 10.0. The lowest BCUT2D eigenvalue weighted by Crippen LogP contribution is -2.38. The van der Waals surface area contributed by atoms with Crippen LogP contribution in [0.25, 0.3) is 0 Å². The van der Waals surface area contributed by atoms with Crippen molar-refractivity contribution in [2.24, 2.45) is 0 Å². The van der Waals surface area contributed by atoms with Crippen LogP contribution in [0, 0.1) is 0 Å². The molecule has 6 nitrogen and oxygen atoms in total. The number of urea groups is 1. The van der Waals surface area contributed by atoms with Gasteiger partial charge in [0, 0.05) is 25.7 Å². The van der Waals surface area contributed by atoms with Crippen LogP contribution in [0.15, 0.2) is 53.1 Å². The molecule has 2 aromatic rings. The van der Waals surface area contributed by atoms with Gasteiger partial charge in [0.15, 0.2) is 0 Å². The molecule has 2 N–H and O–H groups in total. The number of carbonyl (C=O) groups excluding carboxylic acids is 2. The van der Waals surface area contributed by atoms with Gasteiger partial charge in [-0.05, 0) is 24.3 Å². The van der Waals surface area contributed by atoms with Crippen molar-refractivity contribution in [2.75, 3.05) is 18.4 Å². The van der Waals surface area contributed by atoms with Crippen LogP contribution in [-0.2, 0) is 11.3 Å². The number of hydrogen-bond acceptors (Lipinski definition) is 3. The van der Waals surface area contributed by atoms with E-state index in [0.717, 1.165) is 5.69 Å². The molecular weight excluding hydrogens is 282 g/mol. The van der Waals surface area contributed by atoms with Crippen LogP contribution >= 0.6 is 0 Å². The monoisotopic (exact) mass is 301 g/mol. The Kier molecular flexibility index (Phi) is 5.59. The number of amides is 3. The summed E-state index contributed by atoms with van der Waals surface area (Å²) in [6.45, 7) is 2.66. The predicted molar refractivity (Wildman–Crippen MR) is 83.3 cm³/mol. The second-order valence-corrected chi connectivity index (χ2v) is 4.77. The van der Waals surface area contributed by atoms with Crippen molar-refractivity contribution in [3.8, 4) is 0 Å². The molecule has 3 amide bonds. The Morgan fingerprint density at radius 3 is 2.55 bits per heavy atom. The Balaban J connectivity index is 1.75. The van der Waals surface area contributed by atoms with E-state index in [4.69, 9.17) is 4.42 Å². The predicted octanol–water partition coefficient (Wildman–Crippen LogP) is 2.45. The Morgan fingerprint density at radius 2 is 1.91 bits per heavy atom. The first-order chi connectivity index (χ1) is 10.6. The van der Waals surface area contributed by atoms with E-state index >= 15 is 0 Å². The summed E-state index contributed by atoms with van der Waals surface area (Å²) in [6, 6.07) is 12.5. The lowest BCUT2D eigenvalue weighted by molar-refractivity contribution is -0.129. The summed E-state index contributed by atoms with van der Waals surface area (Å²) in [5, 5.41) is 5.44. The smallest absolute Gasteiger partial charge is 0.319 e. The van der Waals surface area contributed by atoms with E-state index in [1.165, 1.54) is 6.92 Å². The summed E-state index contributed by atoms with van der Waals surface area (Å²) in [6.07, 6.45) is 1.57. The number of nitrogens with zero attached hydrogens (tertiary/aromatic N) is 1. The third-order valence-corrected chi connectivity index (χ3v) is 3.07. The van der Waals surface area contributed by atoms with Crippen molar-refractivity contribution >= 4 is 17.6 Å². The molecular formula is C16H19N3O3. The molecule has 0 atom stereocenters. The van der Waals surface area contributed by atoms with Crippen molar-refractivity contribution in [2.45, 2.75) is 13.5 Å². The third-order valence-electron chi connectivity index (χ3n) is 3.07. The minimum Gasteiger partial charge on any atom is -0.467 e. The van der Waals surface area contributed by atoms with Crippen molar-refractivity contribution in [3.05, 3.63) is 54.5 Å². The number of hydrogen-bond donors (Lipinski definition) is 2. The molecule has 0 saturated carbocycles. The van der Waals surface area contributed by atoms with Crippen LogP contribution in [0.3, 0.4) is 0 Å². The van der Waals surface area contributed by atoms with Gasteiger partial charge in [-0.25, -0.2) is 4.79 Å². The van der Waals surface area contributed by atoms with E-state index in [1.54, 1.807) is 29.4 Å². The van der Waals surface area contributed by atoms with Gasteiger partial charge >= 0.3 is 6.03 Å². The highest BCUT2D eigenvalue weighted by Gasteiger charge is 2.11. The fraction of sp³-hybridized carbons (Fsp3) is 0.250. The highest BCUT2D eigenvalue weighted by atomic mass is 16.3. The molecule has 1 heterocycles. The molecule has 0 saturated heterocycles. The molecule has 0 aliphatic rings. The first-order valence-electron chi connectivity index (χ1n) is 7.03. The van der Waals surface area contributed by atoms with Gasteiger partial charge in [-0.2, -0.15) is 0 Å². The molecule has 0 fully saturated rings. The Hall–Kier alpha value is -2.76. The largest absolute Gasteiger partial charge is 0.467 e. The maximum Gasteiger partial charge on any atom is 0.319 e. The minimum atomic E-state index is -0.298. The van der Waals surface area contributed by atoms with E-state index < -0.39 is 0 Å². The standard InChI is InChI=1S/C16H19N3O3/c1-13(20)19(12-15-8-5-11-22-15)10-9-17-16(21)18-14-6-3-2-4-7-14/h2-8,11H,9-10,12H2,1H3,(H2,17,18,21). The molecule has 22 heavy (non-hydrogen) atoms. The average Bonchev–Trinajstić information content (AvgIpc) is 3.00. The number of nitrogens with one attached hydrogen (secondary N) is 2. The Labute approximate surface area is 129 Å². The van der Waals surface area contributed by atoms with Gasteiger partial charge in [0.05, 0.1) is 12.8 Å². The van der Waals surface area contributed by atoms with Gasteiger partial charge in [0.1, 0.15) is 5.76 Å². The fourth-order valence-electron chi connectivity index (χ4n) is 1.94. The molecule has 1 aromatic carbocycles. The summed E-state index contributed by atoms with van der Waals surface area (Å²) in [7, 11) is 0. The molecule has 0 aliphatic carbocycles. The summed E-state index contributed by atoms with van der Waals surface area (Å²) in [5.41, 5.74) is 0.721. The maximum absolute atomic E-state index is 11.7. The molecule has 0 radical (unpaired) electrons. The number of rotatable bonds is 6. The molecule has 116 valence electrons. The highest BCUT2D eigenvalue weighted by molar-refractivity contribution is 5.89. The molecule has 6 heteroatoms. The molecule has 0 aliphatic heterocycles. The number of para-hydroxylation sites is 1. The molecule has 0 unspecified atom stereocenters. The number of benzene rings is 1. The third kappa shape index (κ3) is 4.97. The van der Waals surface area contributed by atoms with Gasteiger partial charge < -0.3 is 20.0 Å². The zero-order valence-corrected chi connectivity index (χ0v) is 12.4. The lowest BCUT2D eigenvalue weighted by Gasteiger charge is -2.20. The summed E-state index contributed by atoms with van der Waals surface area (Å²) in [4.78, 5) is 24.9. The fourth-order valence-corrected chi connectivity index (χ4v) is 1.94. The number of carbonyl (C=O) groups is 2. The molecule has 2 rings (SSSR count). The van der Waals surface area contributed by atoms with E-state index in [1.807, 2.05) is 24.3 Å². The highest BCUT2D eigenvalue weighted by Crippen LogP contribution is 2.06. The first kappa shape index (κ1) is 15.6. The van der Waals surface area contributed by atoms with Crippen molar-refractivity contribution in [1.82, 2.24) is 10.2 Å². The van der Waals surface area contributed by atoms with Gasteiger partial charge in [-0.3, -0.25) is 4.79 Å². The van der Waals surface area contributed by atoms with E-state index in [2.05, 4.69) is 10.6 Å². The van der Waals surface area contributed by atoms with Crippen LogP contribution in [0.5, 0.6) is 0 Å². The molecule has 1 aromatic heterocycles. The maximum atomic E-state index is 11.7. The van der Waals surface area contributed by atoms with E-state index in [9.17, 15) is 9.59 Å². The zero-order chi connectivity index (χ0) is 15.8. The quantitative estimate of drug-likeness (QED) is 0.860. The van der Waals surface area contributed by atoms with Crippen molar-refractivity contribution in [3.63, 3.8) is 0 Å². The zero-order valence-electron chi connectivity index (χ0n) is 12.4. The van der Waals surface area contributed by atoms with Gasteiger partial charge in [-0.15, -0.1) is 0 Å². The SMILES string of the molecule is CC(=O)N(CCNC(=O)Nc1ccccc1)Cc1ccco1. The summed E-state index contributed by atoms with van der Waals surface area (Å²) >= 11 is 0. The topological polar surface area (TPSA) is 74.6 Å².